The Morgan fingerprint density at radius 1 is 1.36 bits per heavy atom. The number of hydrogen-bond donors (Lipinski definition) is 1. The molecule has 0 bridgehead atoms. The molecule has 0 amide bonds. The van der Waals surface area contributed by atoms with Gasteiger partial charge in [-0.25, -0.2) is 0 Å². The minimum absolute atomic E-state index is 0.311. The van der Waals surface area contributed by atoms with Crippen molar-refractivity contribution in [2.45, 2.75) is 32.1 Å². The van der Waals surface area contributed by atoms with Gasteiger partial charge >= 0.3 is 0 Å². The van der Waals surface area contributed by atoms with Crippen LogP contribution in [0, 0.1) is 5.92 Å². The van der Waals surface area contributed by atoms with E-state index in [1.807, 2.05) is 0 Å². The molecule has 0 fully saturated rings. The monoisotopic (exact) mass is 190 g/mol. The van der Waals surface area contributed by atoms with E-state index in [1.54, 1.807) is 0 Å². The van der Waals surface area contributed by atoms with Crippen LogP contribution < -0.4 is 0 Å². The Bertz CT molecular complexity index is 306. The van der Waals surface area contributed by atoms with Gasteiger partial charge in [-0.1, -0.05) is 31.2 Å². The summed E-state index contributed by atoms with van der Waals surface area (Å²) in [6.07, 6.45) is 3.36. The van der Waals surface area contributed by atoms with Crippen LogP contribution in [0.2, 0.25) is 0 Å². The van der Waals surface area contributed by atoms with Gasteiger partial charge in [0.05, 0.1) is 0 Å². The van der Waals surface area contributed by atoms with Crippen molar-refractivity contribution in [3.05, 3.63) is 35.4 Å². The molecular formula is C13H18O. The molecule has 1 aromatic carbocycles. The van der Waals surface area contributed by atoms with Crippen LogP contribution in [0.25, 0.3) is 0 Å². The van der Waals surface area contributed by atoms with Crippen molar-refractivity contribution in [2.24, 2.45) is 5.92 Å². The number of hydrogen-bond acceptors (Lipinski definition) is 1. The average Bonchev–Trinajstić information content (AvgIpc) is 2.18. The van der Waals surface area contributed by atoms with E-state index in [0.29, 0.717) is 12.5 Å². The SMILES string of the molecule is CC1Cc2ccccc2C(CCO)C1. The van der Waals surface area contributed by atoms with Crippen molar-refractivity contribution >= 4 is 0 Å². The highest BCUT2D eigenvalue weighted by Gasteiger charge is 2.23. The predicted molar refractivity (Wildman–Crippen MR) is 58.4 cm³/mol. The molecule has 0 saturated carbocycles. The number of rotatable bonds is 2. The fourth-order valence-corrected chi connectivity index (χ4v) is 2.62. The second-order valence-corrected chi connectivity index (χ2v) is 4.45. The smallest absolute Gasteiger partial charge is 0.0436 e. The van der Waals surface area contributed by atoms with Crippen molar-refractivity contribution in [1.82, 2.24) is 0 Å². The average molecular weight is 190 g/mol. The number of fused-ring (bicyclic) bond motifs is 1. The van der Waals surface area contributed by atoms with E-state index in [-0.39, 0.29) is 0 Å². The van der Waals surface area contributed by atoms with Crippen LogP contribution in [0.1, 0.15) is 36.8 Å². The molecular weight excluding hydrogens is 172 g/mol. The van der Waals surface area contributed by atoms with Gasteiger partial charge in [0.25, 0.3) is 0 Å². The lowest BCUT2D eigenvalue weighted by atomic mass is 9.76. The van der Waals surface area contributed by atoms with Crippen molar-refractivity contribution in [2.75, 3.05) is 6.61 Å². The Morgan fingerprint density at radius 3 is 2.93 bits per heavy atom. The summed E-state index contributed by atoms with van der Waals surface area (Å²) in [6.45, 7) is 2.62. The number of aliphatic hydroxyl groups excluding tert-OH is 1. The van der Waals surface area contributed by atoms with Gasteiger partial charge in [0.15, 0.2) is 0 Å². The van der Waals surface area contributed by atoms with E-state index < -0.39 is 0 Å². The first-order valence-corrected chi connectivity index (χ1v) is 5.50. The van der Waals surface area contributed by atoms with Gasteiger partial charge in [0.1, 0.15) is 0 Å². The fraction of sp³-hybridized carbons (Fsp3) is 0.538. The predicted octanol–water partition coefficient (Wildman–Crippen LogP) is 2.73. The van der Waals surface area contributed by atoms with Crippen molar-refractivity contribution in [3.8, 4) is 0 Å². The molecule has 1 aliphatic rings. The second kappa shape index (κ2) is 4.14. The van der Waals surface area contributed by atoms with Gasteiger partial charge in [-0.15, -0.1) is 0 Å². The summed E-state index contributed by atoms with van der Waals surface area (Å²) in [5.41, 5.74) is 2.96. The van der Waals surface area contributed by atoms with Crippen LogP contribution in [0.3, 0.4) is 0 Å². The summed E-state index contributed by atoms with van der Waals surface area (Å²) in [5, 5.41) is 9.03. The zero-order valence-electron chi connectivity index (χ0n) is 8.74. The van der Waals surface area contributed by atoms with E-state index >= 15 is 0 Å². The molecule has 1 nitrogen and oxygen atoms in total. The molecule has 0 saturated heterocycles. The topological polar surface area (TPSA) is 20.2 Å². The Morgan fingerprint density at radius 2 is 2.14 bits per heavy atom. The number of aliphatic hydroxyl groups is 1. The van der Waals surface area contributed by atoms with Crippen LogP contribution in [0.15, 0.2) is 24.3 Å². The summed E-state index contributed by atoms with van der Waals surface area (Å²) < 4.78 is 0. The summed E-state index contributed by atoms with van der Waals surface area (Å²) in [6, 6.07) is 8.68. The summed E-state index contributed by atoms with van der Waals surface area (Å²) in [7, 11) is 0. The highest BCUT2D eigenvalue weighted by Crippen LogP contribution is 2.36. The van der Waals surface area contributed by atoms with Gasteiger partial charge in [-0.05, 0) is 42.2 Å². The second-order valence-electron chi connectivity index (χ2n) is 4.45. The zero-order valence-corrected chi connectivity index (χ0v) is 8.74. The molecule has 0 radical (unpaired) electrons. The van der Waals surface area contributed by atoms with Gasteiger partial charge in [0, 0.05) is 6.61 Å². The van der Waals surface area contributed by atoms with Gasteiger partial charge in [0.2, 0.25) is 0 Å². The minimum Gasteiger partial charge on any atom is -0.396 e. The molecule has 2 rings (SSSR count). The number of benzene rings is 1. The highest BCUT2D eigenvalue weighted by molar-refractivity contribution is 5.33. The normalized spacial score (nSPS) is 25.9. The Labute approximate surface area is 85.8 Å². The molecule has 1 aromatic rings. The third kappa shape index (κ3) is 1.83. The van der Waals surface area contributed by atoms with Gasteiger partial charge in [-0.3, -0.25) is 0 Å². The zero-order chi connectivity index (χ0) is 9.97. The molecule has 0 heterocycles. The van der Waals surface area contributed by atoms with Crippen molar-refractivity contribution in [1.29, 1.82) is 0 Å². The Kier molecular flexibility index (Phi) is 2.87. The van der Waals surface area contributed by atoms with E-state index in [0.717, 1.165) is 12.3 Å². The third-order valence-electron chi connectivity index (χ3n) is 3.23. The minimum atomic E-state index is 0.311. The van der Waals surface area contributed by atoms with Crippen LogP contribution >= 0.6 is 0 Å². The largest absolute Gasteiger partial charge is 0.396 e. The van der Waals surface area contributed by atoms with Gasteiger partial charge in [-0.2, -0.15) is 0 Å². The maximum Gasteiger partial charge on any atom is 0.0436 e. The summed E-state index contributed by atoms with van der Waals surface area (Å²) in [4.78, 5) is 0. The lowest BCUT2D eigenvalue weighted by Crippen LogP contribution is -2.17. The van der Waals surface area contributed by atoms with Crippen LogP contribution in [-0.2, 0) is 6.42 Å². The first-order chi connectivity index (χ1) is 6.81. The van der Waals surface area contributed by atoms with E-state index in [2.05, 4.69) is 31.2 Å². The maximum atomic E-state index is 9.03. The van der Waals surface area contributed by atoms with Crippen LogP contribution in [0.4, 0.5) is 0 Å². The fourth-order valence-electron chi connectivity index (χ4n) is 2.62. The van der Waals surface area contributed by atoms with Crippen molar-refractivity contribution < 1.29 is 5.11 Å². The van der Waals surface area contributed by atoms with Crippen LogP contribution in [-0.4, -0.2) is 11.7 Å². The summed E-state index contributed by atoms with van der Waals surface area (Å²) in [5.74, 6) is 1.35. The molecule has 2 atom stereocenters. The molecule has 14 heavy (non-hydrogen) atoms. The van der Waals surface area contributed by atoms with E-state index in [9.17, 15) is 0 Å². The molecule has 0 aromatic heterocycles. The lowest BCUT2D eigenvalue weighted by Gasteiger charge is -2.29. The van der Waals surface area contributed by atoms with E-state index in [1.165, 1.54) is 24.0 Å². The third-order valence-corrected chi connectivity index (χ3v) is 3.23. The maximum absolute atomic E-state index is 9.03. The Hall–Kier alpha value is -0.820. The molecule has 1 N–H and O–H groups in total. The first kappa shape index (κ1) is 9.72. The highest BCUT2D eigenvalue weighted by atomic mass is 16.3. The van der Waals surface area contributed by atoms with Gasteiger partial charge < -0.3 is 5.11 Å². The molecule has 76 valence electrons. The lowest BCUT2D eigenvalue weighted by molar-refractivity contribution is 0.261. The molecule has 1 heteroatoms. The van der Waals surface area contributed by atoms with Crippen molar-refractivity contribution in [3.63, 3.8) is 0 Å². The van der Waals surface area contributed by atoms with E-state index in [4.69, 9.17) is 5.11 Å². The molecule has 2 unspecified atom stereocenters. The van der Waals surface area contributed by atoms with Crippen LogP contribution in [0.5, 0.6) is 0 Å². The first-order valence-electron chi connectivity index (χ1n) is 5.50. The molecule has 1 aliphatic carbocycles. The standard InChI is InChI=1S/C13H18O/c1-10-8-11-4-2-3-5-13(11)12(9-10)6-7-14/h2-5,10,12,14H,6-9H2,1H3. The quantitative estimate of drug-likeness (QED) is 0.760. The molecule has 0 aliphatic heterocycles. The Balaban J connectivity index is 2.28. The molecule has 0 spiro atoms. The summed E-state index contributed by atoms with van der Waals surface area (Å²) >= 11 is 0.